The van der Waals surface area contributed by atoms with Crippen molar-refractivity contribution in [3.63, 3.8) is 0 Å². The number of amides is 1. The number of carbonyl (C=O) groups is 1. The van der Waals surface area contributed by atoms with Gasteiger partial charge in [0.15, 0.2) is 0 Å². The van der Waals surface area contributed by atoms with Crippen LogP contribution in [0.15, 0.2) is 24.5 Å². The smallest absolute Gasteiger partial charge is 0.253 e. The summed E-state index contributed by atoms with van der Waals surface area (Å²) in [6.45, 7) is 2.22. The second-order valence-corrected chi connectivity index (χ2v) is 4.58. The van der Waals surface area contributed by atoms with Gasteiger partial charge in [0.2, 0.25) is 0 Å². The van der Waals surface area contributed by atoms with Gasteiger partial charge in [-0.3, -0.25) is 9.78 Å². The van der Waals surface area contributed by atoms with Crippen molar-refractivity contribution in [3.05, 3.63) is 30.1 Å². The number of hydrogen-bond donors (Lipinski definition) is 1. The Bertz CT molecular complexity index is 350. The lowest BCUT2D eigenvalue weighted by Gasteiger charge is -2.29. The fraction of sp³-hybridized carbons (Fsp3) is 0.538. The highest BCUT2D eigenvalue weighted by molar-refractivity contribution is 5.94. The standard InChI is InChI=1S/C13H18N2O/c1-10-5-2-3-7-12(10)15-13(16)11-6-4-8-14-9-11/h4,6,8-10,12H,2-3,5,7H2,1H3,(H,15,16)/t10-,12-/m1/s1. The van der Waals surface area contributed by atoms with Gasteiger partial charge in [0, 0.05) is 18.4 Å². The molecule has 0 bridgehead atoms. The third kappa shape index (κ3) is 2.60. The van der Waals surface area contributed by atoms with Gasteiger partial charge in [-0.2, -0.15) is 0 Å². The highest BCUT2D eigenvalue weighted by Gasteiger charge is 2.23. The Hall–Kier alpha value is -1.38. The summed E-state index contributed by atoms with van der Waals surface area (Å²) in [5.41, 5.74) is 0.653. The monoisotopic (exact) mass is 218 g/mol. The zero-order chi connectivity index (χ0) is 11.4. The first-order valence-electron chi connectivity index (χ1n) is 5.98. The predicted octanol–water partition coefficient (Wildman–Crippen LogP) is 2.39. The predicted molar refractivity (Wildman–Crippen MR) is 63.1 cm³/mol. The van der Waals surface area contributed by atoms with Gasteiger partial charge in [-0.05, 0) is 30.9 Å². The summed E-state index contributed by atoms with van der Waals surface area (Å²) in [6, 6.07) is 3.93. The van der Waals surface area contributed by atoms with Gasteiger partial charge in [0.25, 0.3) is 5.91 Å². The molecule has 1 aromatic rings. The molecule has 0 aliphatic heterocycles. The molecule has 1 saturated carbocycles. The van der Waals surface area contributed by atoms with Gasteiger partial charge < -0.3 is 5.32 Å². The van der Waals surface area contributed by atoms with Gasteiger partial charge >= 0.3 is 0 Å². The van der Waals surface area contributed by atoms with Crippen LogP contribution in [0.3, 0.4) is 0 Å². The fourth-order valence-corrected chi connectivity index (χ4v) is 2.28. The third-order valence-corrected chi connectivity index (χ3v) is 3.35. The zero-order valence-electron chi connectivity index (χ0n) is 9.65. The first-order valence-corrected chi connectivity index (χ1v) is 5.98. The molecule has 0 radical (unpaired) electrons. The van der Waals surface area contributed by atoms with Crippen molar-refractivity contribution in [1.29, 1.82) is 0 Å². The second kappa shape index (κ2) is 5.10. The molecule has 1 N–H and O–H groups in total. The van der Waals surface area contributed by atoms with Crippen LogP contribution in [0.1, 0.15) is 43.0 Å². The van der Waals surface area contributed by atoms with Crippen LogP contribution >= 0.6 is 0 Å². The van der Waals surface area contributed by atoms with Crippen molar-refractivity contribution < 1.29 is 4.79 Å². The van der Waals surface area contributed by atoms with E-state index in [0.717, 1.165) is 6.42 Å². The van der Waals surface area contributed by atoms with E-state index in [9.17, 15) is 4.79 Å². The molecule has 1 amide bonds. The fourth-order valence-electron chi connectivity index (χ4n) is 2.28. The normalized spacial score (nSPS) is 25.1. The molecule has 1 aromatic heterocycles. The maximum Gasteiger partial charge on any atom is 0.253 e. The lowest BCUT2D eigenvalue weighted by molar-refractivity contribution is 0.0910. The number of hydrogen-bond acceptors (Lipinski definition) is 2. The topological polar surface area (TPSA) is 42.0 Å². The number of carbonyl (C=O) groups excluding carboxylic acids is 1. The molecule has 1 heterocycles. The van der Waals surface area contributed by atoms with Crippen LogP contribution in [0.4, 0.5) is 0 Å². The van der Waals surface area contributed by atoms with Crippen LogP contribution in [0.5, 0.6) is 0 Å². The zero-order valence-corrected chi connectivity index (χ0v) is 9.65. The molecule has 3 nitrogen and oxygen atoms in total. The number of aromatic nitrogens is 1. The Balaban J connectivity index is 1.96. The largest absolute Gasteiger partial charge is 0.349 e. The van der Waals surface area contributed by atoms with E-state index in [2.05, 4.69) is 17.2 Å². The average Bonchev–Trinajstić information content (AvgIpc) is 2.33. The molecular weight excluding hydrogens is 200 g/mol. The number of rotatable bonds is 2. The van der Waals surface area contributed by atoms with Crippen LogP contribution in [-0.4, -0.2) is 16.9 Å². The van der Waals surface area contributed by atoms with Crippen LogP contribution in [-0.2, 0) is 0 Å². The quantitative estimate of drug-likeness (QED) is 0.828. The molecule has 3 heteroatoms. The summed E-state index contributed by atoms with van der Waals surface area (Å²) in [4.78, 5) is 15.9. The molecule has 16 heavy (non-hydrogen) atoms. The Morgan fingerprint density at radius 2 is 2.25 bits per heavy atom. The van der Waals surface area contributed by atoms with E-state index >= 15 is 0 Å². The van der Waals surface area contributed by atoms with E-state index in [1.807, 2.05) is 0 Å². The van der Waals surface area contributed by atoms with Crippen molar-refractivity contribution in [2.45, 2.75) is 38.6 Å². The Morgan fingerprint density at radius 1 is 1.44 bits per heavy atom. The molecule has 1 fully saturated rings. The lowest BCUT2D eigenvalue weighted by atomic mass is 9.86. The van der Waals surface area contributed by atoms with Gasteiger partial charge in [-0.1, -0.05) is 19.8 Å². The summed E-state index contributed by atoms with van der Waals surface area (Å²) in [6.07, 6.45) is 8.14. The summed E-state index contributed by atoms with van der Waals surface area (Å²) >= 11 is 0. The summed E-state index contributed by atoms with van der Waals surface area (Å²) in [5, 5.41) is 3.11. The van der Waals surface area contributed by atoms with Crippen molar-refractivity contribution in [1.82, 2.24) is 10.3 Å². The first-order chi connectivity index (χ1) is 7.77. The summed E-state index contributed by atoms with van der Waals surface area (Å²) in [7, 11) is 0. The third-order valence-electron chi connectivity index (χ3n) is 3.35. The van der Waals surface area contributed by atoms with Gasteiger partial charge in [0.05, 0.1) is 5.56 Å². The minimum atomic E-state index is 0.00634. The molecule has 0 aromatic carbocycles. The molecule has 2 rings (SSSR count). The van der Waals surface area contributed by atoms with E-state index in [4.69, 9.17) is 0 Å². The number of pyridine rings is 1. The molecule has 86 valence electrons. The molecule has 1 aliphatic rings. The first kappa shape index (κ1) is 11.1. The van der Waals surface area contributed by atoms with Crippen LogP contribution < -0.4 is 5.32 Å². The molecule has 2 atom stereocenters. The van der Waals surface area contributed by atoms with E-state index in [-0.39, 0.29) is 5.91 Å². The number of nitrogens with one attached hydrogen (secondary N) is 1. The van der Waals surface area contributed by atoms with E-state index < -0.39 is 0 Å². The van der Waals surface area contributed by atoms with Gasteiger partial charge in [0.1, 0.15) is 0 Å². The molecular formula is C13H18N2O. The molecule has 0 saturated heterocycles. The highest BCUT2D eigenvalue weighted by atomic mass is 16.1. The van der Waals surface area contributed by atoms with Crippen molar-refractivity contribution in [2.75, 3.05) is 0 Å². The van der Waals surface area contributed by atoms with Crippen LogP contribution in [0.25, 0.3) is 0 Å². The van der Waals surface area contributed by atoms with Gasteiger partial charge in [-0.25, -0.2) is 0 Å². The van der Waals surface area contributed by atoms with Crippen LogP contribution in [0.2, 0.25) is 0 Å². The SMILES string of the molecule is C[C@@H]1CCCC[C@H]1NC(=O)c1cccnc1. The Labute approximate surface area is 96.3 Å². The summed E-state index contributed by atoms with van der Waals surface area (Å²) in [5.74, 6) is 0.598. The second-order valence-electron chi connectivity index (χ2n) is 4.58. The minimum Gasteiger partial charge on any atom is -0.349 e. The molecule has 0 unspecified atom stereocenters. The van der Waals surface area contributed by atoms with E-state index in [1.54, 1.807) is 24.5 Å². The average molecular weight is 218 g/mol. The Kier molecular flexibility index (Phi) is 3.54. The minimum absolute atomic E-state index is 0.00634. The maximum absolute atomic E-state index is 11.9. The van der Waals surface area contributed by atoms with Crippen molar-refractivity contribution in [2.24, 2.45) is 5.92 Å². The lowest BCUT2D eigenvalue weighted by Crippen LogP contribution is -2.41. The molecule has 1 aliphatic carbocycles. The summed E-state index contributed by atoms with van der Waals surface area (Å²) < 4.78 is 0. The Morgan fingerprint density at radius 3 is 2.94 bits per heavy atom. The maximum atomic E-state index is 11.9. The molecule has 0 spiro atoms. The van der Waals surface area contributed by atoms with Crippen molar-refractivity contribution >= 4 is 5.91 Å². The van der Waals surface area contributed by atoms with Crippen LogP contribution in [0, 0.1) is 5.92 Å². The van der Waals surface area contributed by atoms with E-state index in [0.29, 0.717) is 17.5 Å². The van der Waals surface area contributed by atoms with Gasteiger partial charge in [-0.15, -0.1) is 0 Å². The highest BCUT2D eigenvalue weighted by Crippen LogP contribution is 2.23. The number of nitrogens with zero attached hydrogens (tertiary/aromatic N) is 1. The van der Waals surface area contributed by atoms with E-state index in [1.165, 1.54) is 19.3 Å². The van der Waals surface area contributed by atoms with Crippen molar-refractivity contribution in [3.8, 4) is 0 Å².